The van der Waals surface area contributed by atoms with Crippen molar-refractivity contribution in [2.24, 2.45) is 0 Å². The zero-order chi connectivity index (χ0) is 30.8. The number of hydrogen-bond donors (Lipinski definition) is 0. The second-order valence-corrected chi connectivity index (χ2v) is 9.99. The van der Waals surface area contributed by atoms with Gasteiger partial charge in [-0.05, 0) is 64.5 Å². The highest BCUT2D eigenvalue weighted by Crippen LogP contribution is 2.38. The molecule has 0 saturated carbocycles. The Hall–Kier alpha value is -4.97. The predicted molar refractivity (Wildman–Crippen MR) is 147 cm³/mol. The molecule has 0 aliphatic heterocycles. The van der Waals surface area contributed by atoms with Crippen molar-refractivity contribution in [2.45, 2.75) is 13.1 Å². The summed E-state index contributed by atoms with van der Waals surface area (Å²) in [6, 6.07) is 15.7. The zero-order valence-corrected chi connectivity index (χ0v) is 21.8. The van der Waals surface area contributed by atoms with Crippen LogP contribution in [0.2, 0.25) is 0 Å². The predicted octanol–water partition coefficient (Wildman–Crippen LogP) is 10.5. The lowest BCUT2D eigenvalue weighted by atomic mass is 9.93. The van der Waals surface area contributed by atoms with Crippen molar-refractivity contribution in [3.05, 3.63) is 119 Å². The number of aryl methyl sites for hydroxylation is 1. The van der Waals surface area contributed by atoms with Gasteiger partial charge in [0.15, 0.2) is 5.82 Å². The van der Waals surface area contributed by atoms with Gasteiger partial charge < -0.3 is 0 Å². The molecule has 9 heteroatoms. The SMILES string of the molecule is Cc1ccc2c(F)c(-c3ccc4c(F)c(-c5cc(F)c6c(F)c(C#CC(F)(F)F)c(F)cc6c5)c(F)cc4c3)ccc2c1. The van der Waals surface area contributed by atoms with E-state index in [0.29, 0.717) is 28.5 Å². The van der Waals surface area contributed by atoms with E-state index in [9.17, 15) is 22.0 Å². The molecule has 0 nitrogen and oxygen atoms in total. The monoisotopic (exact) mass is 594 g/mol. The van der Waals surface area contributed by atoms with Crippen LogP contribution in [0, 0.1) is 53.7 Å². The summed E-state index contributed by atoms with van der Waals surface area (Å²) in [5, 5.41) is -0.328. The molecule has 0 aromatic heterocycles. The number of halogens is 9. The minimum Gasteiger partial charge on any atom is -0.206 e. The Labute approximate surface area is 238 Å². The third-order valence-corrected chi connectivity index (χ3v) is 7.15. The summed E-state index contributed by atoms with van der Waals surface area (Å²) in [5.74, 6) is -5.29. The minimum absolute atomic E-state index is 0.0749. The zero-order valence-electron chi connectivity index (χ0n) is 21.8. The Bertz CT molecular complexity index is 2200. The second-order valence-electron chi connectivity index (χ2n) is 9.99. The van der Waals surface area contributed by atoms with E-state index in [0.717, 1.165) is 23.6 Å². The molecule has 0 N–H and O–H groups in total. The Morgan fingerprint density at radius 3 is 1.98 bits per heavy atom. The highest BCUT2D eigenvalue weighted by atomic mass is 19.4. The normalized spacial score (nSPS) is 11.8. The maximum atomic E-state index is 15.7. The van der Waals surface area contributed by atoms with E-state index in [1.165, 1.54) is 24.1 Å². The van der Waals surface area contributed by atoms with Crippen LogP contribution in [0.4, 0.5) is 39.5 Å². The molecule has 6 rings (SSSR count). The molecule has 214 valence electrons. The smallest absolute Gasteiger partial charge is 0.206 e. The third kappa shape index (κ3) is 4.93. The van der Waals surface area contributed by atoms with Gasteiger partial charge in [0.05, 0.1) is 16.5 Å². The fraction of sp³-hybridized carbons (Fsp3) is 0.0588. The fourth-order valence-corrected chi connectivity index (χ4v) is 5.20. The van der Waals surface area contributed by atoms with Gasteiger partial charge in [-0.1, -0.05) is 53.9 Å². The van der Waals surface area contributed by atoms with Crippen molar-refractivity contribution in [1.82, 2.24) is 0 Å². The molecular weight excluding hydrogens is 579 g/mol. The standard InChI is InChI=1S/C34H15F9/c1-16-2-5-22-17(10-16)3-6-23(31(22)38)18-4-7-24-19(11-18)13-27(36)29(32(24)39)21-12-20-14-26(35)25(8-9-34(41,42)43)33(40)30(20)28(37)15-21/h2-7,10-15H,1H3. The van der Waals surface area contributed by atoms with Crippen molar-refractivity contribution in [1.29, 1.82) is 0 Å². The van der Waals surface area contributed by atoms with Gasteiger partial charge in [0.25, 0.3) is 0 Å². The van der Waals surface area contributed by atoms with Crippen molar-refractivity contribution in [3.8, 4) is 34.1 Å². The molecule has 0 radical (unpaired) electrons. The van der Waals surface area contributed by atoms with Crippen LogP contribution in [0.3, 0.4) is 0 Å². The van der Waals surface area contributed by atoms with Crippen LogP contribution in [0.1, 0.15) is 11.1 Å². The first-order valence-electron chi connectivity index (χ1n) is 12.6. The van der Waals surface area contributed by atoms with Gasteiger partial charge >= 0.3 is 6.18 Å². The van der Waals surface area contributed by atoms with Crippen LogP contribution in [-0.2, 0) is 0 Å². The van der Waals surface area contributed by atoms with E-state index in [1.807, 2.05) is 13.0 Å². The van der Waals surface area contributed by atoms with Gasteiger partial charge in [-0.15, -0.1) is 0 Å². The number of fused-ring (bicyclic) bond motifs is 3. The summed E-state index contributed by atoms with van der Waals surface area (Å²) in [7, 11) is 0. The topological polar surface area (TPSA) is 0 Å². The molecule has 6 aromatic rings. The van der Waals surface area contributed by atoms with Gasteiger partial charge in [-0.25, -0.2) is 26.3 Å². The van der Waals surface area contributed by atoms with Crippen molar-refractivity contribution < 1.29 is 39.5 Å². The van der Waals surface area contributed by atoms with Crippen LogP contribution in [0.5, 0.6) is 0 Å². The lowest BCUT2D eigenvalue weighted by molar-refractivity contribution is -0.0696. The Balaban J connectivity index is 1.47. The first kappa shape index (κ1) is 28.2. The van der Waals surface area contributed by atoms with E-state index in [2.05, 4.69) is 0 Å². The van der Waals surface area contributed by atoms with Crippen molar-refractivity contribution in [2.75, 3.05) is 0 Å². The molecule has 0 amide bonds. The molecule has 0 bridgehead atoms. The summed E-state index contributed by atoms with van der Waals surface area (Å²) in [5.41, 5.74) is -0.888. The number of alkyl halides is 3. The summed E-state index contributed by atoms with van der Waals surface area (Å²) in [6.07, 6.45) is -5.05. The Morgan fingerprint density at radius 1 is 0.558 bits per heavy atom. The first-order chi connectivity index (χ1) is 20.3. The van der Waals surface area contributed by atoms with Crippen LogP contribution < -0.4 is 0 Å². The van der Waals surface area contributed by atoms with E-state index in [4.69, 9.17) is 0 Å². The van der Waals surface area contributed by atoms with Crippen LogP contribution >= 0.6 is 0 Å². The lowest BCUT2D eigenvalue weighted by Crippen LogP contribution is -2.03. The highest BCUT2D eigenvalue weighted by Gasteiger charge is 2.25. The molecule has 6 aromatic carbocycles. The Kier molecular flexibility index (Phi) is 6.61. The molecule has 0 heterocycles. The molecule has 0 spiro atoms. The molecule has 0 aliphatic carbocycles. The molecule has 0 saturated heterocycles. The van der Waals surface area contributed by atoms with Crippen molar-refractivity contribution in [3.63, 3.8) is 0 Å². The van der Waals surface area contributed by atoms with Gasteiger partial charge in [0.2, 0.25) is 0 Å². The van der Waals surface area contributed by atoms with E-state index in [1.54, 1.807) is 24.3 Å². The maximum Gasteiger partial charge on any atom is 0.458 e. The van der Waals surface area contributed by atoms with Crippen LogP contribution in [0.15, 0.2) is 72.8 Å². The van der Waals surface area contributed by atoms with E-state index < -0.39 is 68.5 Å². The van der Waals surface area contributed by atoms with Gasteiger partial charge in [0, 0.05) is 22.3 Å². The number of rotatable bonds is 2. The first-order valence-corrected chi connectivity index (χ1v) is 12.6. The molecule has 0 unspecified atom stereocenters. The quantitative estimate of drug-likeness (QED) is 0.138. The fourth-order valence-electron chi connectivity index (χ4n) is 5.20. The number of benzene rings is 6. The van der Waals surface area contributed by atoms with Gasteiger partial charge in [0.1, 0.15) is 29.1 Å². The van der Waals surface area contributed by atoms with Crippen molar-refractivity contribution >= 4 is 32.3 Å². The summed E-state index contributed by atoms with van der Waals surface area (Å²) < 4.78 is 128. The second kappa shape index (κ2) is 10.1. The van der Waals surface area contributed by atoms with Crippen LogP contribution in [0.25, 0.3) is 54.6 Å². The number of hydrogen-bond acceptors (Lipinski definition) is 0. The average Bonchev–Trinajstić information content (AvgIpc) is 2.91. The highest BCUT2D eigenvalue weighted by molar-refractivity contribution is 5.96. The van der Waals surface area contributed by atoms with Crippen LogP contribution in [-0.4, -0.2) is 6.18 Å². The summed E-state index contributed by atoms with van der Waals surface area (Å²) in [4.78, 5) is 0. The Morgan fingerprint density at radius 2 is 1.23 bits per heavy atom. The molecular formula is C34H15F9. The summed E-state index contributed by atoms with van der Waals surface area (Å²) in [6.45, 7) is 1.88. The minimum atomic E-state index is -5.05. The van der Waals surface area contributed by atoms with E-state index in [-0.39, 0.29) is 16.3 Å². The largest absolute Gasteiger partial charge is 0.458 e. The summed E-state index contributed by atoms with van der Waals surface area (Å²) >= 11 is 0. The molecule has 0 fully saturated rings. The maximum absolute atomic E-state index is 15.7. The molecule has 0 atom stereocenters. The third-order valence-electron chi connectivity index (χ3n) is 7.15. The van der Waals surface area contributed by atoms with Gasteiger partial charge in [-0.3, -0.25) is 0 Å². The van der Waals surface area contributed by atoms with Gasteiger partial charge in [-0.2, -0.15) is 13.2 Å². The molecule has 0 aliphatic rings. The lowest BCUT2D eigenvalue weighted by Gasteiger charge is -2.13. The van der Waals surface area contributed by atoms with E-state index >= 15 is 17.6 Å². The molecule has 43 heavy (non-hydrogen) atoms. The average molecular weight is 594 g/mol.